The van der Waals surface area contributed by atoms with Gasteiger partial charge in [0.15, 0.2) is 0 Å². The Balaban J connectivity index is 2.72. The highest BCUT2D eigenvalue weighted by atomic mass is 79.9. The minimum absolute atomic E-state index is 1.20. The molecule has 0 saturated heterocycles. The van der Waals surface area contributed by atoms with E-state index in [1.54, 1.807) is 0 Å². The molecule has 0 aromatic heterocycles. The van der Waals surface area contributed by atoms with E-state index < -0.39 is 0 Å². The summed E-state index contributed by atoms with van der Waals surface area (Å²) < 4.78 is 1.20. The van der Waals surface area contributed by atoms with Gasteiger partial charge in [-0.3, -0.25) is 0 Å². The lowest BCUT2D eigenvalue weighted by Crippen LogP contribution is -1.85. The Kier molecular flexibility index (Phi) is 3.80. The molecule has 66 valence electrons. The number of hydrogen-bond acceptors (Lipinski definition) is 0. The third-order valence-electron chi connectivity index (χ3n) is 1.92. The molecule has 1 aromatic rings. The van der Waals surface area contributed by atoms with Crippen molar-refractivity contribution in [3.8, 4) is 0 Å². The van der Waals surface area contributed by atoms with Crippen molar-refractivity contribution in [3.63, 3.8) is 0 Å². The van der Waals surface area contributed by atoms with Crippen molar-refractivity contribution in [2.45, 2.75) is 33.1 Å². The Labute approximate surface area is 83.1 Å². The topological polar surface area (TPSA) is 0 Å². The van der Waals surface area contributed by atoms with Gasteiger partial charge in [0.05, 0.1) is 0 Å². The predicted octanol–water partition coefficient (Wildman–Crippen LogP) is 4.10. The van der Waals surface area contributed by atoms with Gasteiger partial charge in [-0.15, -0.1) is 0 Å². The first-order valence-corrected chi connectivity index (χ1v) is 5.27. The maximum absolute atomic E-state index is 3.50. The molecule has 0 saturated carbocycles. The normalized spacial score (nSPS) is 10.2. The summed E-state index contributed by atoms with van der Waals surface area (Å²) in [6.07, 6.45) is 3.76. The molecular formula is C11H15Br. The van der Waals surface area contributed by atoms with E-state index in [1.807, 2.05) is 0 Å². The van der Waals surface area contributed by atoms with Crippen molar-refractivity contribution in [1.82, 2.24) is 0 Å². The van der Waals surface area contributed by atoms with Crippen LogP contribution in [0.3, 0.4) is 0 Å². The lowest BCUT2D eigenvalue weighted by atomic mass is 10.1. The zero-order valence-corrected chi connectivity index (χ0v) is 9.32. The van der Waals surface area contributed by atoms with Crippen LogP contribution in [0, 0.1) is 6.92 Å². The molecule has 12 heavy (non-hydrogen) atoms. The molecule has 0 unspecified atom stereocenters. The van der Waals surface area contributed by atoms with Crippen LogP contribution in [0.1, 0.15) is 30.9 Å². The van der Waals surface area contributed by atoms with Crippen molar-refractivity contribution in [2.24, 2.45) is 0 Å². The fourth-order valence-electron chi connectivity index (χ4n) is 1.34. The lowest BCUT2D eigenvalue weighted by molar-refractivity contribution is 0.794. The summed E-state index contributed by atoms with van der Waals surface area (Å²) in [5.41, 5.74) is 2.79. The van der Waals surface area contributed by atoms with E-state index >= 15 is 0 Å². The minimum Gasteiger partial charge on any atom is -0.0654 e. The van der Waals surface area contributed by atoms with E-state index in [-0.39, 0.29) is 0 Å². The average molecular weight is 227 g/mol. The first-order chi connectivity index (χ1) is 5.72. The summed E-state index contributed by atoms with van der Waals surface area (Å²) in [6, 6.07) is 6.62. The van der Waals surface area contributed by atoms with Gasteiger partial charge in [-0.2, -0.15) is 0 Å². The summed E-state index contributed by atoms with van der Waals surface area (Å²) >= 11 is 3.50. The Morgan fingerprint density at radius 3 is 2.58 bits per heavy atom. The van der Waals surface area contributed by atoms with E-state index in [1.165, 1.54) is 34.9 Å². The van der Waals surface area contributed by atoms with Crippen LogP contribution in [0.15, 0.2) is 22.7 Å². The van der Waals surface area contributed by atoms with Gasteiger partial charge in [0, 0.05) is 4.47 Å². The molecule has 1 rings (SSSR count). The molecular weight excluding hydrogens is 212 g/mol. The third-order valence-corrected chi connectivity index (χ3v) is 2.38. The van der Waals surface area contributed by atoms with Crippen molar-refractivity contribution in [2.75, 3.05) is 0 Å². The monoisotopic (exact) mass is 226 g/mol. The molecule has 0 fully saturated rings. The molecule has 0 N–H and O–H groups in total. The zero-order valence-electron chi connectivity index (χ0n) is 7.73. The van der Waals surface area contributed by atoms with Gasteiger partial charge in [0.25, 0.3) is 0 Å². The van der Waals surface area contributed by atoms with Crippen LogP contribution in [0.4, 0.5) is 0 Å². The molecule has 1 heteroatoms. The number of hydrogen-bond donors (Lipinski definition) is 0. The highest BCUT2D eigenvalue weighted by Crippen LogP contribution is 2.16. The molecule has 0 aliphatic carbocycles. The highest BCUT2D eigenvalue weighted by molar-refractivity contribution is 9.10. The second kappa shape index (κ2) is 4.66. The average Bonchev–Trinajstić information content (AvgIpc) is 1.99. The van der Waals surface area contributed by atoms with Crippen molar-refractivity contribution in [3.05, 3.63) is 33.8 Å². The summed E-state index contributed by atoms with van der Waals surface area (Å²) in [7, 11) is 0. The third kappa shape index (κ3) is 2.98. The number of rotatable bonds is 3. The van der Waals surface area contributed by atoms with E-state index in [2.05, 4.69) is 48.0 Å². The first kappa shape index (κ1) is 9.79. The fraction of sp³-hybridized carbons (Fsp3) is 0.455. The lowest BCUT2D eigenvalue weighted by Gasteiger charge is -2.02. The second-order valence-electron chi connectivity index (χ2n) is 3.24. The maximum Gasteiger partial charge on any atom is 0.0180 e. The van der Waals surface area contributed by atoms with Gasteiger partial charge in [0.1, 0.15) is 0 Å². The number of halogens is 1. The van der Waals surface area contributed by atoms with Crippen molar-refractivity contribution >= 4 is 15.9 Å². The molecule has 0 atom stereocenters. The summed E-state index contributed by atoms with van der Waals surface area (Å²) in [4.78, 5) is 0. The van der Waals surface area contributed by atoms with Gasteiger partial charge < -0.3 is 0 Å². The Hall–Kier alpha value is -0.300. The largest absolute Gasteiger partial charge is 0.0654 e. The van der Waals surface area contributed by atoms with Gasteiger partial charge in [0.2, 0.25) is 0 Å². The summed E-state index contributed by atoms with van der Waals surface area (Å²) in [5, 5.41) is 0. The van der Waals surface area contributed by atoms with Crippen LogP contribution in [0.25, 0.3) is 0 Å². The van der Waals surface area contributed by atoms with E-state index in [4.69, 9.17) is 0 Å². The van der Waals surface area contributed by atoms with Crippen LogP contribution in [-0.2, 0) is 6.42 Å². The standard InChI is InChI=1S/C11H15Br/c1-3-4-5-10-6-9(2)7-11(12)8-10/h6-8H,3-5H2,1-2H3. The van der Waals surface area contributed by atoms with Gasteiger partial charge >= 0.3 is 0 Å². The molecule has 0 amide bonds. The molecule has 0 aliphatic rings. The van der Waals surface area contributed by atoms with E-state index in [0.717, 1.165) is 0 Å². The van der Waals surface area contributed by atoms with Crippen molar-refractivity contribution in [1.29, 1.82) is 0 Å². The van der Waals surface area contributed by atoms with E-state index in [9.17, 15) is 0 Å². The predicted molar refractivity (Wildman–Crippen MR) is 57.5 cm³/mol. The smallest absolute Gasteiger partial charge is 0.0180 e. The number of aryl methyl sites for hydroxylation is 2. The Bertz CT molecular complexity index is 233. The molecule has 1 aromatic carbocycles. The van der Waals surface area contributed by atoms with Crippen LogP contribution < -0.4 is 0 Å². The molecule has 0 radical (unpaired) electrons. The van der Waals surface area contributed by atoms with E-state index in [0.29, 0.717) is 0 Å². The Morgan fingerprint density at radius 2 is 2.00 bits per heavy atom. The number of benzene rings is 1. The maximum atomic E-state index is 3.50. The molecule has 0 nitrogen and oxygen atoms in total. The first-order valence-electron chi connectivity index (χ1n) is 4.48. The van der Waals surface area contributed by atoms with Crippen LogP contribution in [-0.4, -0.2) is 0 Å². The van der Waals surface area contributed by atoms with Crippen LogP contribution in [0.5, 0.6) is 0 Å². The second-order valence-corrected chi connectivity index (χ2v) is 4.16. The Morgan fingerprint density at radius 1 is 1.25 bits per heavy atom. The van der Waals surface area contributed by atoms with Crippen LogP contribution >= 0.6 is 15.9 Å². The van der Waals surface area contributed by atoms with Gasteiger partial charge in [-0.1, -0.05) is 35.3 Å². The SMILES string of the molecule is CCCCc1cc(C)cc(Br)c1. The minimum atomic E-state index is 1.20. The van der Waals surface area contributed by atoms with Gasteiger partial charge in [-0.25, -0.2) is 0 Å². The summed E-state index contributed by atoms with van der Waals surface area (Å²) in [6.45, 7) is 4.37. The van der Waals surface area contributed by atoms with Gasteiger partial charge in [-0.05, 0) is 43.0 Å². The van der Waals surface area contributed by atoms with Crippen molar-refractivity contribution < 1.29 is 0 Å². The quantitative estimate of drug-likeness (QED) is 0.729. The number of unbranched alkanes of at least 4 members (excludes halogenated alkanes) is 1. The molecule has 0 aliphatic heterocycles. The van der Waals surface area contributed by atoms with Crippen LogP contribution in [0.2, 0.25) is 0 Å². The molecule has 0 heterocycles. The molecule has 0 spiro atoms. The molecule has 0 bridgehead atoms. The highest BCUT2D eigenvalue weighted by Gasteiger charge is 1.95. The fourth-order valence-corrected chi connectivity index (χ4v) is 1.99. The summed E-state index contributed by atoms with van der Waals surface area (Å²) in [5.74, 6) is 0. The zero-order chi connectivity index (χ0) is 8.97.